The summed E-state index contributed by atoms with van der Waals surface area (Å²) in [6.45, 7) is 0. The molecule has 0 aromatic carbocycles. The molecule has 0 aliphatic rings. The molecular formula is C10H9LiN2O3. The van der Waals surface area contributed by atoms with Crippen LogP contribution in [0.25, 0.3) is 11.3 Å². The number of hydrogen-bond donors (Lipinski definition) is 1. The molecule has 0 saturated carbocycles. The Labute approximate surface area is 104 Å². The van der Waals surface area contributed by atoms with Crippen LogP contribution >= 0.6 is 0 Å². The van der Waals surface area contributed by atoms with Gasteiger partial charge in [0.2, 0.25) is 0 Å². The standard InChI is InChI=1S/C10H8N2O3.Li.H/c13-10(14)5-8-4-9(12-15-8)7-2-1-3-11-6-7;;/h1-4,6H,5H2,(H,13,14);;. The molecule has 0 aliphatic heterocycles. The molecule has 0 amide bonds. The van der Waals surface area contributed by atoms with Crippen molar-refractivity contribution in [2.45, 2.75) is 6.42 Å². The van der Waals surface area contributed by atoms with Crippen LogP contribution in [0.5, 0.6) is 0 Å². The Morgan fingerprint density at radius 2 is 2.31 bits per heavy atom. The van der Waals surface area contributed by atoms with Crippen molar-refractivity contribution in [1.29, 1.82) is 0 Å². The van der Waals surface area contributed by atoms with E-state index in [-0.39, 0.29) is 25.3 Å². The molecule has 2 rings (SSSR count). The topological polar surface area (TPSA) is 76.2 Å². The van der Waals surface area contributed by atoms with E-state index in [0.29, 0.717) is 11.5 Å². The summed E-state index contributed by atoms with van der Waals surface area (Å²) in [6.07, 6.45) is 3.14. The number of aromatic nitrogens is 2. The Kier molecular flexibility index (Phi) is 4.29. The van der Waals surface area contributed by atoms with E-state index in [0.717, 1.165) is 5.56 Å². The van der Waals surface area contributed by atoms with Crippen molar-refractivity contribution in [3.63, 3.8) is 0 Å². The number of aliphatic carboxylic acids is 1. The van der Waals surface area contributed by atoms with Gasteiger partial charge in [0.15, 0.2) is 0 Å². The molecule has 1 N–H and O–H groups in total. The summed E-state index contributed by atoms with van der Waals surface area (Å²) < 4.78 is 4.87. The number of pyridine rings is 1. The van der Waals surface area contributed by atoms with Crippen molar-refractivity contribution in [2.24, 2.45) is 0 Å². The molecule has 0 atom stereocenters. The summed E-state index contributed by atoms with van der Waals surface area (Å²) in [7, 11) is 0. The Hall–Kier alpha value is -1.57. The summed E-state index contributed by atoms with van der Waals surface area (Å²) in [5, 5.41) is 12.3. The van der Waals surface area contributed by atoms with Gasteiger partial charge in [-0.1, -0.05) is 5.16 Å². The van der Waals surface area contributed by atoms with Gasteiger partial charge in [0.25, 0.3) is 0 Å². The van der Waals surface area contributed by atoms with Crippen molar-refractivity contribution < 1.29 is 14.4 Å². The summed E-state index contributed by atoms with van der Waals surface area (Å²) in [5.74, 6) is -0.606. The molecule has 2 aromatic rings. The molecule has 0 spiro atoms. The molecular weight excluding hydrogens is 203 g/mol. The van der Waals surface area contributed by atoms with Gasteiger partial charge in [0, 0.05) is 24.0 Å². The second-order valence-corrected chi connectivity index (χ2v) is 2.99. The monoisotopic (exact) mass is 212 g/mol. The fourth-order valence-electron chi connectivity index (χ4n) is 1.20. The maximum absolute atomic E-state index is 10.4. The number of carboxylic acid groups (broad SMARTS) is 1. The van der Waals surface area contributed by atoms with Crippen LogP contribution in [-0.4, -0.2) is 40.1 Å². The van der Waals surface area contributed by atoms with Gasteiger partial charge >= 0.3 is 24.8 Å². The molecule has 78 valence electrons. The molecule has 6 heteroatoms. The molecule has 2 heterocycles. The van der Waals surface area contributed by atoms with Crippen LogP contribution in [0.4, 0.5) is 0 Å². The first-order chi connectivity index (χ1) is 7.25. The van der Waals surface area contributed by atoms with Gasteiger partial charge in [0.1, 0.15) is 17.9 Å². The van der Waals surface area contributed by atoms with Gasteiger partial charge < -0.3 is 9.63 Å². The van der Waals surface area contributed by atoms with E-state index in [1.807, 2.05) is 6.07 Å². The van der Waals surface area contributed by atoms with E-state index in [1.165, 1.54) is 0 Å². The molecule has 5 nitrogen and oxygen atoms in total. The average Bonchev–Trinajstić information content (AvgIpc) is 2.67. The van der Waals surface area contributed by atoms with Crippen LogP contribution < -0.4 is 0 Å². The van der Waals surface area contributed by atoms with E-state index in [9.17, 15) is 4.79 Å². The molecule has 0 bridgehead atoms. The summed E-state index contributed by atoms with van der Waals surface area (Å²) in [4.78, 5) is 14.3. The van der Waals surface area contributed by atoms with Crippen LogP contribution in [0, 0.1) is 0 Å². The third kappa shape index (κ3) is 2.96. The van der Waals surface area contributed by atoms with Gasteiger partial charge in [0.05, 0.1) is 0 Å². The van der Waals surface area contributed by atoms with Crippen molar-refractivity contribution >= 4 is 24.8 Å². The second kappa shape index (κ2) is 5.49. The number of nitrogens with zero attached hydrogens (tertiary/aromatic N) is 2. The minimum atomic E-state index is -0.941. The first kappa shape index (κ1) is 12.5. The molecule has 0 aliphatic carbocycles. The first-order valence-electron chi connectivity index (χ1n) is 4.33. The molecule has 0 radical (unpaired) electrons. The van der Waals surface area contributed by atoms with Gasteiger partial charge in [-0.25, -0.2) is 0 Å². The van der Waals surface area contributed by atoms with Crippen LogP contribution in [0.2, 0.25) is 0 Å². The van der Waals surface area contributed by atoms with Crippen molar-refractivity contribution in [3.8, 4) is 11.3 Å². The molecule has 2 aromatic heterocycles. The van der Waals surface area contributed by atoms with Crippen LogP contribution in [0.3, 0.4) is 0 Å². The Balaban J connectivity index is 0.00000128. The van der Waals surface area contributed by atoms with Crippen LogP contribution in [0.1, 0.15) is 5.76 Å². The molecule has 16 heavy (non-hydrogen) atoms. The van der Waals surface area contributed by atoms with E-state index in [1.54, 1.807) is 24.5 Å². The van der Waals surface area contributed by atoms with Crippen LogP contribution in [-0.2, 0) is 11.2 Å². The van der Waals surface area contributed by atoms with E-state index >= 15 is 0 Å². The third-order valence-corrected chi connectivity index (χ3v) is 1.84. The zero-order valence-corrected chi connectivity index (χ0v) is 7.75. The predicted octanol–water partition coefficient (Wildman–Crippen LogP) is 0.715. The number of carboxylic acids is 1. The SMILES string of the molecule is O=C(O)Cc1cc(-c2cccnc2)no1.[LiH]. The molecule has 0 saturated heterocycles. The number of rotatable bonds is 3. The molecule has 0 unspecified atom stereocenters. The van der Waals surface area contributed by atoms with Crippen molar-refractivity contribution in [2.75, 3.05) is 0 Å². The Morgan fingerprint density at radius 1 is 1.50 bits per heavy atom. The third-order valence-electron chi connectivity index (χ3n) is 1.84. The molecule has 0 fully saturated rings. The first-order valence-corrected chi connectivity index (χ1v) is 4.33. The Bertz CT molecular complexity index is 470. The fraction of sp³-hybridized carbons (Fsp3) is 0.100. The van der Waals surface area contributed by atoms with Gasteiger partial charge in [-0.2, -0.15) is 0 Å². The zero-order valence-electron chi connectivity index (χ0n) is 7.75. The summed E-state index contributed by atoms with van der Waals surface area (Å²) in [5.41, 5.74) is 1.40. The number of carbonyl (C=O) groups is 1. The fourth-order valence-corrected chi connectivity index (χ4v) is 1.20. The van der Waals surface area contributed by atoms with E-state index < -0.39 is 5.97 Å². The van der Waals surface area contributed by atoms with Crippen molar-refractivity contribution in [1.82, 2.24) is 10.1 Å². The van der Waals surface area contributed by atoms with Crippen molar-refractivity contribution in [3.05, 3.63) is 36.4 Å². The average molecular weight is 212 g/mol. The van der Waals surface area contributed by atoms with E-state index in [2.05, 4.69) is 10.1 Å². The maximum atomic E-state index is 10.4. The quantitative estimate of drug-likeness (QED) is 0.758. The normalized spacial score (nSPS) is 9.50. The summed E-state index contributed by atoms with van der Waals surface area (Å²) in [6, 6.07) is 5.21. The van der Waals surface area contributed by atoms with E-state index in [4.69, 9.17) is 9.63 Å². The van der Waals surface area contributed by atoms with Gasteiger partial charge in [-0.15, -0.1) is 0 Å². The van der Waals surface area contributed by atoms with Gasteiger partial charge in [-0.3, -0.25) is 9.78 Å². The summed E-state index contributed by atoms with van der Waals surface area (Å²) >= 11 is 0. The zero-order chi connectivity index (χ0) is 10.7. The second-order valence-electron chi connectivity index (χ2n) is 2.99. The predicted molar refractivity (Wildman–Crippen MR) is 58.2 cm³/mol. The van der Waals surface area contributed by atoms with Crippen LogP contribution in [0.15, 0.2) is 35.1 Å². The van der Waals surface area contributed by atoms with Gasteiger partial charge in [-0.05, 0) is 12.1 Å². The Morgan fingerprint density at radius 3 is 2.94 bits per heavy atom. The minimum absolute atomic E-state index is 0. The number of hydrogen-bond acceptors (Lipinski definition) is 4.